The minimum absolute atomic E-state index is 0.304. The van der Waals surface area contributed by atoms with Crippen LogP contribution in [0.2, 0.25) is 0 Å². The molecule has 3 rings (SSSR count). The molecular weight excluding hydrogens is 272 g/mol. The molecule has 6 nitrogen and oxygen atoms in total. The molecule has 21 heavy (non-hydrogen) atoms. The molecule has 1 aromatic heterocycles. The zero-order valence-electron chi connectivity index (χ0n) is 12.4. The maximum atomic E-state index is 12.1. The molecule has 2 heterocycles. The van der Waals surface area contributed by atoms with Crippen LogP contribution in [0.3, 0.4) is 0 Å². The van der Waals surface area contributed by atoms with Crippen molar-refractivity contribution in [2.45, 2.75) is 26.2 Å². The first-order valence-electron chi connectivity index (χ1n) is 6.99. The summed E-state index contributed by atoms with van der Waals surface area (Å²) in [4.78, 5) is 19.7. The molecule has 0 amide bonds. The van der Waals surface area contributed by atoms with Crippen LogP contribution in [0.4, 0.5) is 0 Å². The summed E-state index contributed by atoms with van der Waals surface area (Å²) in [6.07, 6.45) is 0. The number of imidazole rings is 1. The summed E-state index contributed by atoms with van der Waals surface area (Å²) in [7, 11) is 0. The Balaban J connectivity index is 2.02. The lowest BCUT2D eigenvalue weighted by atomic mass is 9.93. The number of ether oxygens (including phenoxy) is 3. The van der Waals surface area contributed by atoms with Crippen molar-refractivity contribution >= 4 is 17.0 Å². The van der Waals surface area contributed by atoms with Gasteiger partial charge in [0.25, 0.3) is 0 Å². The summed E-state index contributed by atoms with van der Waals surface area (Å²) in [5.74, 6) is 1.64. The summed E-state index contributed by atoms with van der Waals surface area (Å²) in [5, 5.41) is 0. The molecule has 6 heteroatoms. The molecule has 0 aliphatic carbocycles. The van der Waals surface area contributed by atoms with E-state index in [1.165, 1.54) is 0 Å². The SMILES string of the molecule is CCOC(=O)C(C)(C)c1nc2cc3c(cc2[nH]1)OCCO3. The monoisotopic (exact) mass is 290 g/mol. The predicted molar refractivity (Wildman–Crippen MR) is 76.7 cm³/mol. The number of benzene rings is 1. The van der Waals surface area contributed by atoms with E-state index in [2.05, 4.69) is 9.97 Å². The van der Waals surface area contributed by atoms with Crippen LogP contribution in [-0.2, 0) is 14.9 Å². The lowest BCUT2D eigenvalue weighted by molar-refractivity contribution is -0.149. The number of fused-ring (bicyclic) bond motifs is 2. The second kappa shape index (κ2) is 4.95. The van der Waals surface area contributed by atoms with Crippen LogP contribution in [0, 0.1) is 0 Å². The molecule has 2 aromatic rings. The van der Waals surface area contributed by atoms with Gasteiger partial charge >= 0.3 is 5.97 Å². The number of carbonyl (C=O) groups excluding carboxylic acids is 1. The smallest absolute Gasteiger partial charge is 0.319 e. The van der Waals surface area contributed by atoms with Crippen molar-refractivity contribution in [3.63, 3.8) is 0 Å². The Labute approximate surface area is 122 Å². The molecule has 0 radical (unpaired) electrons. The van der Waals surface area contributed by atoms with Gasteiger partial charge < -0.3 is 19.2 Å². The number of aromatic amines is 1. The third-order valence-corrected chi connectivity index (χ3v) is 3.52. The standard InChI is InChI=1S/C15H18N2O4/c1-4-19-14(18)15(2,3)13-16-9-7-11-12(8-10(9)17-13)21-6-5-20-11/h7-8H,4-6H2,1-3H3,(H,16,17). The molecule has 1 N–H and O–H groups in total. The van der Waals surface area contributed by atoms with Crippen molar-refractivity contribution in [2.24, 2.45) is 0 Å². The fourth-order valence-corrected chi connectivity index (χ4v) is 2.25. The number of carbonyl (C=O) groups is 1. The molecular formula is C15H18N2O4. The number of aromatic nitrogens is 2. The fourth-order valence-electron chi connectivity index (χ4n) is 2.25. The topological polar surface area (TPSA) is 73.4 Å². The van der Waals surface area contributed by atoms with Gasteiger partial charge in [-0.2, -0.15) is 0 Å². The Morgan fingerprint density at radius 1 is 1.33 bits per heavy atom. The molecule has 1 aliphatic heterocycles. The molecule has 0 saturated carbocycles. The molecule has 0 unspecified atom stereocenters. The first-order valence-corrected chi connectivity index (χ1v) is 6.99. The van der Waals surface area contributed by atoms with Crippen molar-refractivity contribution in [2.75, 3.05) is 19.8 Å². The third kappa shape index (κ3) is 2.30. The molecule has 0 atom stereocenters. The van der Waals surface area contributed by atoms with E-state index in [1.807, 2.05) is 12.1 Å². The van der Waals surface area contributed by atoms with E-state index in [0.29, 0.717) is 37.1 Å². The summed E-state index contributed by atoms with van der Waals surface area (Å²) in [6.45, 7) is 6.77. The Hall–Kier alpha value is -2.24. The second-order valence-corrected chi connectivity index (χ2v) is 5.44. The van der Waals surface area contributed by atoms with Gasteiger partial charge in [0.2, 0.25) is 0 Å². The maximum Gasteiger partial charge on any atom is 0.319 e. The number of nitrogens with zero attached hydrogens (tertiary/aromatic N) is 1. The van der Waals surface area contributed by atoms with Gasteiger partial charge in [-0.15, -0.1) is 0 Å². The summed E-state index contributed by atoms with van der Waals surface area (Å²) < 4.78 is 16.2. The van der Waals surface area contributed by atoms with Crippen molar-refractivity contribution in [1.29, 1.82) is 0 Å². The third-order valence-electron chi connectivity index (χ3n) is 3.52. The van der Waals surface area contributed by atoms with Crippen molar-refractivity contribution in [3.05, 3.63) is 18.0 Å². The molecule has 1 aliphatic rings. The fraction of sp³-hybridized carbons (Fsp3) is 0.467. The number of hydrogen-bond acceptors (Lipinski definition) is 5. The average molecular weight is 290 g/mol. The molecule has 0 bridgehead atoms. The van der Waals surface area contributed by atoms with E-state index in [0.717, 1.165) is 11.0 Å². The van der Waals surface area contributed by atoms with Crippen LogP contribution in [0.1, 0.15) is 26.6 Å². The highest BCUT2D eigenvalue weighted by molar-refractivity contribution is 5.85. The molecule has 0 spiro atoms. The van der Waals surface area contributed by atoms with E-state index in [-0.39, 0.29) is 5.97 Å². The van der Waals surface area contributed by atoms with Crippen LogP contribution in [-0.4, -0.2) is 35.8 Å². The van der Waals surface area contributed by atoms with Gasteiger partial charge in [-0.1, -0.05) is 0 Å². The first kappa shape index (κ1) is 13.7. The first-order chi connectivity index (χ1) is 10.0. The predicted octanol–water partition coefficient (Wildman–Crippen LogP) is 2.17. The normalized spacial score (nSPS) is 14.2. The van der Waals surface area contributed by atoms with Crippen molar-refractivity contribution in [3.8, 4) is 11.5 Å². The lowest BCUT2D eigenvalue weighted by Crippen LogP contribution is -2.32. The highest BCUT2D eigenvalue weighted by Gasteiger charge is 2.35. The van der Waals surface area contributed by atoms with E-state index in [9.17, 15) is 4.79 Å². The largest absolute Gasteiger partial charge is 0.486 e. The van der Waals surface area contributed by atoms with E-state index in [1.54, 1.807) is 20.8 Å². The van der Waals surface area contributed by atoms with E-state index >= 15 is 0 Å². The molecule has 0 fully saturated rings. The average Bonchev–Trinajstić information content (AvgIpc) is 2.88. The Bertz CT molecular complexity index is 647. The number of esters is 1. The summed E-state index contributed by atoms with van der Waals surface area (Å²) in [6, 6.07) is 3.67. The van der Waals surface area contributed by atoms with Crippen LogP contribution in [0.25, 0.3) is 11.0 Å². The second-order valence-electron chi connectivity index (χ2n) is 5.44. The molecule has 0 saturated heterocycles. The van der Waals surface area contributed by atoms with Gasteiger partial charge in [-0.25, -0.2) is 4.98 Å². The van der Waals surface area contributed by atoms with Gasteiger partial charge in [0.1, 0.15) is 24.5 Å². The van der Waals surface area contributed by atoms with E-state index < -0.39 is 5.41 Å². The van der Waals surface area contributed by atoms with Crippen molar-refractivity contribution < 1.29 is 19.0 Å². The van der Waals surface area contributed by atoms with Gasteiger partial charge in [-0.05, 0) is 20.8 Å². The maximum absolute atomic E-state index is 12.1. The number of nitrogens with one attached hydrogen (secondary N) is 1. The molecule has 1 aromatic carbocycles. The van der Waals surface area contributed by atoms with E-state index in [4.69, 9.17) is 14.2 Å². The zero-order valence-corrected chi connectivity index (χ0v) is 12.4. The number of rotatable bonds is 3. The number of H-pyrrole nitrogens is 1. The number of hydrogen-bond donors (Lipinski definition) is 1. The Kier molecular flexibility index (Phi) is 3.23. The lowest BCUT2D eigenvalue weighted by Gasteiger charge is -2.19. The minimum atomic E-state index is -0.836. The van der Waals surface area contributed by atoms with Crippen LogP contribution < -0.4 is 9.47 Å². The summed E-state index contributed by atoms with van der Waals surface area (Å²) in [5.41, 5.74) is 0.718. The van der Waals surface area contributed by atoms with Crippen LogP contribution in [0.5, 0.6) is 11.5 Å². The minimum Gasteiger partial charge on any atom is -0.486 e. The van der Waals surface area contributed by atoms with Gasteiger partial charge in [-0.3, -0.25) is 4.79 Å². The van der Waals surface area contributed by atoms with Gasteiger partial charge in [0.05, 0.1) is 17.6 Å². The summed E-state index contributed by atoms with van der Waals surface area (Å²) >= 11 is 0. The van der Waals surface area contributed by atoms with Crippen LogP contribution in [0.15, 0.2) is 12.1 Å². The highest BCUT2D eigenvalue weighted by Crippen LogP contribution is 2.35. The van der Waals surface area contributed by atoms with Gasteiger partial charge in [0, 0.05) is 12.1 Å². The quantitative estimate of drug-likeness (QED) is 0.877. The van der Waals surface area contributed by atoms with Gasteiger partial charge in [0.15, 0.2) is 11.5 Å². The Morgan fingerprint density at radius 3 is 2.67 bits per heavy atom. The highest BCUT2D eigenvalue weighted by atomic mass is 16.6. The Morgan fingerprint density at radius 2 is 2.00 bits per heavy atom. The van der Waals surface area contributed by atoms with Crippen molar-refractivity contribution in [1.82, 2.24) is 9.97 Å². The zero-order chi connectivity index (χ0) is 15.0. The van der Waals surface area contributed by atoms with Crippen LogP contribution >= 0.6 is 0 Å². The molecule has 112 valence electrons.